The first-order valence-corrected chi connectivity index (χ1v) is 6.29. The van der Waals surface area contributed by atoms with E-state index in [2.05, 4.69) is 26.1 Å². The Morgan fingerprint density at radius 1 is 1.42 bits per heavy atom. The lowest BCUT2D eigenvalue weighted by molar-refractivity contribution is 0.0481. The fourth-order valence-electron chi connectivity index (χ4n) is 1.45. The van der Waals surface area contributed by atoms with E-state index in [0.29, 0.717) is 11.3 Å². The van der Waals surface area contributed by atoms with Crippen molar-refractivity contribution in [2.24, 2.45) is 0 Å². The molecule has 0 aliphatic rings. The summed E-state index contributed by atoms with van der Waals surface area (Å²) in [4.78, 5) is 11.5. The van der Waals surface area contributed by atoms with E-state index in [1.54, 1.807) is 19.1 Å². The van der Waals surface area contributed by atoms with Gasteiger partial charge in [-0.1, -0.05) is 15.9 Å². The van der Waals surface area contributed by atoms with Crippen LogP contribution in [0.3, 0.4) is 0 Å². The summed E-state index contributed by atoms with van der Waals surface area (Å²) in [6.45, 7) is 1.95. The Kier molecular flexibility index (Phi) is 4.16. The maximum Gasteiger partial charge on any atom is 0.396 e. The lowest BCUT2D eigenvalue weighted by Crippen LogP contribution is -2.04. The first-order chi connectivity index (χ1) is 9.15. The Morgan fingerprint density at radius 2 is 2.21 bits per heavy atom. The number of rotatable bonds is 4. The zero-order valence-corrected chi connectivity index (χ0v) is 11.9. The van der Waals surface area contributed by atoms with Crippen molar-refractivity contribution in [2.75, 3.05) is 13.7 Å². The van der Waals surface area contributed by atoms with E-state index in [-0.39, 0.29) is 18.4 Å². The molecule has 19 heavy (non-hydrogen) atoms. The highest BCUT2D eigenvalue weighted by Crippen LogP contribution is 2.31. The van der Waals surface area contributed by atoms with Gasteiger partial charge < -0.3 is 13.9 Å². The smallest absolute Gasteiger partial charge is 0.396 e. The van der Waals surface area contributed by atoms with Crippen molar-refractivity contribution in [1.82, 2.24) is 10.2 Å². The Balaban J connectivity index is 2.37. The molecule has 0 atom stereocenters. The lowest BCUT2D eigenvalue weighted by atomic mass is 10.2. The summed E-state index contributed by atoms with van der Waals surface area (Å²) in [5, 5.41) is 7.48. The van der Waals surface area contributed by atoms with Gasteiger partial charge in [-0.25, -0.2) is 4.79 Å². The standard InChI is InChI=1S/C12H11BrN2O4/c1-3-18-12(16)11-15-14-10(19-11)8-6-7(13)4-5-9(8)17-2/h4-6H,3H2,1-2H3. The molecule has 0 bridgehead atoms. The van der Waals surface area contributed by atoms with Crippen molar-refractivity contribution in [3.05, 3.63) is 28.6 Å². The molecule has 0 fully saturated rings. The Hall–Kier alpha value is -1.89. The van der Waals surface area contributed by atoms with Crippen LogP contribution < -0.4 is 4.74 Å². The fourth-order valence-corrected chi connectivity index (χ4v) is 1.82. The molecule has 2 aromatic rings. The van der Waals surface area contributed by atoms with Crippen LogP contribution >= 0.6 is 15.9 Å². The monoisotopic (exact) mass is 326 g/mol. The van der Waals surface area contributed by atoms with Crippen LogP contribution in [-0.2, 0) is 4.74 Å². The molecule has 0 unspecified atom stereocenters. The van der Waals surface area contributed by atoms with Gasteiger partial charge in [-0.3, -0.25) is 0 Å². The molecular formula is C12H11BrN2O4. The van der Waals surface area contributed by atoms with Crippen molar-refractivity contribution in [2.45, 2.75) is 6.92 Å². The van der Waals surface area contributed by atoms with Crippen LogP contribution in [0.2, 0.25) is 0 Å². The highest BCUT2D eigenvalue weighted by Gasteiger charge is 2.19. The largest absolute Gasteiger partial charge is 0.496 e. The van der Waals surface area contributed by atoms with E-state index in [0.717, 1.165) is 4.47 Å². The third-order valence-electron chi connectivity index (χ3n) is 2.27. The third kappa shape index (κ3) is 2.93. The van der Waals surface area contributed by atoms with Gasteiger partial charge in [-0.15, -0.1) is 10.2 Å². The molecule has 0 saturated heterocycles. The number of hydrogen-bond acceptors (Lipinski definition) is 6. The maximum absolute atomic E-state index is 11.5. The van der Waals surface area contributed by atoms with Gasteiger partial charge in [0.05, 0.1) is 19.3 Å². The number of aromatic nitrogens is 2. The van der Waals surface area contributed by atoms with E-state index in [9.17, 15) is 4.79 Å². The molecule has 1 aromatic heterocycles. The molecule has 0 spiro atoms. The second kappa shape index (κ2) is 5.83. The van der Waals surface area contributed by atoms with Crippen LogP contribution in [0.25, 0.3) is 11.5 Å². The van der Waals surface area contributed by atoms with Gasteiger partial charge in [0.2, 0.25) is 0 Å². The van der Waals surface area contributed by atoms with Crippen molar-refractivity contribution < 1.29 is 18.7 Å². The van der Waals surface area contributed by atoms with Gasteiger partial charge in [0.15, 0.2) is 0 Å². The van der Waals surface area contributed by atoms with Crippen LogP contribution in [0.15, 0.2) is 27.1 Å². The number of esters is 1. The minimum absolute atomic E-state index is 0.182. The quantitative estimate of drug-likeness (QED) is 0.804. The van der Waals surface area contributed by atoms with E-state index < -0.39 is 5.97 Å². The zero-order valence-electron chi connectivity index (χ0n) is 10.3. The van der Waals surface area contributed by atoms with Gasteiger partial charge in [0, 0.05) is 4.47 Å². The van der Waals surface area contributed by atoms with Gasteiger partial charge in [-0.05, 0) is 25.1 Å². The summed E-state index contributed by atoms with van der Waals surface area (Å²) in [5.74, 6) is -0.0578. The second-order valence-electron chi connectivity index (χ2n) is 3.48. The molecule has 0 saturated carbocycles. The summed E-state index contributed by atoms with van der Waals surface area (Å²) in [7, 11) is 1.54. The summed E-state index contributed by atoms with van der Waals surface area (Å²) in [5.41, 5.74) is 0.597. The van der Waals surface area contributed by atoms with Crippen molar-refractivity contribution in [3.63, 3.8) is 0 Å². The van der Waals surface area contributed by atoms with E-state index in [4.69, 9.17) is 13.9 Å². The van der Waals surface area contributed by atoms with Gasteiger partial charge in [0.1, 0.15) is 5.75 Å². The minimum atomic E-state index is -0.643. The number of halogens is 1. The first kappa shape index (κ1) is 13.5. The summed E-state index contributed by atoms with van der Waals surface area (Å²) >= 11 is 3.35. The van der Waals surface area contributed by atoms with Crippen LogP contribution in [0, 0.1) is 0 Å². The molecule has 0 radical (unpaired) electrons. The number of carbonyl (C=O) groups is 1. The molecule has 2 rings (SSSR count). The Bertz CT molecular complexity index is 597. The van der Waals surface area contributed by atoms with E-state index >= 15 is 0 Å². The first-order valence-electron chi connectivity index (χ1n) is 5.50. The molecular weight excluding hydrogens is 316 g/mol. The number of ether oxygens (including phenoxy) is 2. The number of nitrogens with zero attached hydrogens (tertiary/aromatic N) is 2. The Morgan fingerprint density at radius 3 is 2.89 bits per heavy atom. The number of carbonyl (C=O) groups excluding carboxylic acids is 1. The average molecular weight is 327 g/mol. The number of methoxy groups -OCH3 is 1. The predicted molar refractivity (Wildman–Crippen MR) is 69.9 cm³/mol. The summed E-state index contributed by atoms with van der Waals surface area (Å²) < 4.78 is 16.1. The molecule has 0 aliphatic heterocycles. The van der Waals surface area contributed by atoms with Crippen LogP contribution in [0.1, 0.15) is 17.6 Å². The Labute approximate surface area is 117 Å². The lowest BCUT2D eigenvalue weighted by Gasteiger charge is -2.04. The van der Waals surface area contributed by atoms with Gasteiger partial charge in [0.25, 0.3) is 5.89 Å². The van der Waals surface area contributed by atoms with Crippen LogP contribution in [0.4, 0.5) is 0 Å². The van der Waals surface area contributed by atoms with Crippen LogP contribution in [-0.4, -0.2) is 29.9 Å². The highest BCUT2D eigenvalue weighted by atomic mass is 79.9. The van der Waals surface area contributed by atoms with Gasteiger partial charge >= 0.3 is 11.9 Å². The molecule has 0 aliphatic carbocycles. The molecule has 7 heteroatoms. The van der Waals surface area contributed by atoms with Crippen molar-refractivity contribution in [1.29, 1.82) is 0 Å². The van der Waals surface area contributed by atoms with Crippen molar-refractivity contribution >= 4 is 21.9 Å². The average Bonchev–Trinajstić information content (AvgIpc) is 2.88. The van der Waals surface area contributed by atoms with E-state index in [1.165, 1.54) is 7.11 Å². The SMILES string of the molecule is CCOC(=O)c1nnc(-c2cc(Br)ccc2OC)o1. The maximum atomic E-state index is 11.5. The summed E-state index contributed by atoms with van der Waals surface area (Å²) in [6.07, 6.45) is 0. The molecule has 1 aromatic carbocycles. The topological polar surface area (TPSA) is 74.5 Å². The minimum Gasteiger partial charge on any atom is -0.496 e. The molecule has 6 nitrogen and oxygen atoms in total. The van der Waals surface area contributed by atoms with Crippen molar-refractivity contribution in [3.8, 4) is 17.2 Å². The fraction of sp³-hybridized carbons (Fsp3) is 0.250. The molecule has 1 heterocycles. The number of hydrogen-bond donors (Lipinski definition) is 0. The highest BCUT2D eigenvalue weighted by molar-refractivity contribution is 9.10. The normalized spacial score (nSPS) is 10.3. The number of benzene rings is 1. The zero-order chi connectivity index (χ0) is 13.8. The summed E-state index contributed by atoms with van der Waals surface area (Å²) in [6, 6.07) is 5.35. The van der Waals surface area contributed by atoms with E-state index in [1.807, 2.05) is 6.07 Å². The van der Waals surface area contributed by atoms with Crippen LogP contribution in [0.5, 0.6) is 5.75 Å². The molecule has 100 valence electrons. The molecule has 0 N–H and O–H groups in total. The third-order valence-corrected chi connectivity index (χ3v) is 2.76. The van der Waals surface area contributed by atoms with Gasteiger partial charge in [-0.2, -0.15) is 0 Å². The predicted octanol–water partition coefficient (Wildman–Crippen LogP) is 2.68. The molecule has 0 amide bonds. The second-order valence-corrected chi connectivity index (χ2v) is 4.39.